The summed E-state index contributed by atoms with van der Waals surface area (Å²) in [5, 5.41) is 0. The number of rotatable bonds is 2. The minimum atomic E-state index is -0.287. The molecule has 1 saturated heterocycles. The Bertz CT molecular complexity index is 419. The second-order valence-electron chi connectivity index (χ2n) is 4.11. The Kier molecular flexibility index (Phi) is 3.30. The fraction of sp³-hybridized carbons (Fsp3) is 0.417. The maximum atomic E-state index is 12.1. The zero-order chi connectivity index (χ0) is 11.7. The standard InChI is InChI=1S/C12H14BrNO2/c1-7-2-5-11(16-7)12(15)8-3-4-10(14)9(13)6-8/h3-4,6-7,11H,2,5,14H2,1H3. The van der Waals surface area contributed by atoms with E-state index in [-0.39, 0.29) is 18.0 Å². The molecule has 1 heterocycles. The van der Waals surface area contributed by atoms with Gasteiger partial charge in [0.15, 0.2) is 5.78 Å². The van der Waals surface area contributed by atoms with Crippen LogP contribution in [-0.4, -0.2) is 18.0 Å². The van der Waals surface area contributed by atoms with Crippen LogP contribution in [0.4, 0.5) is 5.69 Å². The topological polar surface area (TPSA) is 52.3 Å². The van der Waals surface area contributed by atoms with E-state index in [9.17, 15) is 4.79 Å². The maximum absolute atomic E-state index is 12.1. The number of carbonyl (C=O) groups excluding carboxylic acids is 1. The van der Waals surface area contributed by atoms with Gasteiger partial charge in [0.05, 0.1) is 6.10 Å². The fourth-order valence-corrected chi connectivity index (χ4v) is 2.24. The van der Waals surface area contributed by atoms with Crippen LogP contribution < -0.4 is 5.73 Å². The Morgan fingerprint density at radius 2 is 2.25 bits per heavy atom. The molecule has 0 bridgehead atoms. The minimum absolute atomic E-state index is 0.0463. The zero-order valence-corrected chi connectivity index (χ0v) is 10.7. The van der Waals surface area contributed by atoms with Crippen molar-refractivity contribution in [3.05, 3.63) is 28.2 Å². The normalized spacial score (nSPS) is 24.6. The van der Waals surface area contributed by atoms with Crippen LogP contribution in [0.15, 0.2) is 22.7 Å². The van der Waals surface area contributed by atoms with Crippen molar-refractivity contribution in [2.45, 2.75) is 32.0 Å². The van der Waals surface area contributed by atoms with E-state index in [1.54, 1.807) is 18.2 Å². The first-order valence-corrected chi connectivity index (χ1v) is 6.12. The zero-order valence-electron chi connectivity index (χ0n) is 9.07. The largest absolute Gasteiger partial charge is 0.398 e. The number of hydrogen-bond donors (Lipinski definition) is 1. The molecule has 2 atom stereocenters. The Balaban J connectivity index is 2.18. The van der Waals surface area contributed by atoms with Gasteiger partial charge in [-0.15, -0.1) is 0 Å². The summed E-state index contributed by atoms with van der Waals surface area (Å²) in [6, 6.07) is 5.23. The minimum Gasteiger partial charge on any atom is -0.398 e. The van der Waals surface area contributed by atoms with Gasteiger partial charge in [-0.25, -0.2) is 0 Å². The highest BCUT2D eigenvalue weighted by atomic mass is 79.9. The summed E-state index contributed by atoms with van der Waals surface area (Å²) < 4.78 is 6.31. The van der Waals surface area contributed by atoms with Crippen molar-refractivity contribution in [2.24, 2.45) is 0 Å². The molecule has 1 fully saturated rings. The number of ketones is 1. The van der Waals surface area contributed by atoms with Crippen molar-refractivity contribution in [1.29, 1.82) is 0 Å². The smallest absolute Gasteiger partial charge is 0.191 e. The molecule has 0 radical (unpaired) electrons. The van der Waals surface area contributed by atoms with Crippen LogP contribution in [-0.2, 0) is 4.74 Å². The number of nitrogens with two attached hydrogens (primary N) is 1. The second kappa shape index (κ2) is 4.55. The van der Waals surface area contributed by atoms with E-state index < -0.39 is 0 Å². The number of anilines is 1. The highest BCUT2D eigenvalue weighted by Gasteiger charge is 2.28. The number of carbonyl (C=O) groups is 1. The van der Waals surface area contributed by atoms with E-state index in [4.69, 9.17) is 10.5 Å². The van der Waals surface area contributed by atoms with Gasteiger partial charge in [0, 0.05) is 15.7 Å². The summed E-state index contributed by atoms with van der Waals surface area (Å²) in [6.07, 6.45) is 1.66. The third-order valence-electron chi connectivity index (χ3n) is 2.81. The molecule has 2 unspecified atom stereocenters. The molecule has 86 valence electrons. The highest BCUT2D eigenvalue weighted by molar-refractivity contribution is 9.10. The van der Waals surface area contributed by atoms with E-state index in [0.29, 0.717) is 11.3 Å². The lowest BCUT2D eigenvalue weighted by Gasteiger charge is -2.10. The lowest BCUT2D eigenvalue weighted by molar-refractivity contribution is 0.0433. The number of Topliss-reactive ketones (excluding diaryl/α,β-unsaturated/α-hetero) is 1. The molecule has 16 heavy (non-hydrogen) atoms. The highest BCUT2D eigenvalue weighted by Crippen LogP contribution is 2.25. The first-order valence-electron chi connectivity index (χ1n) is 5.32. The molecule has 1 aromatic rings. The van der Waals surface area contributed by atoms with Gasteiger partial charge in [0.2, 0.25) is 0 Å². The number of hydrogen-bond acceptors (Lipinski definition) is 3. The van der Waals surface area contributed by atoms with Crippen molar-refractivity contribution in [1.82, 2.24) is 0 Å². The molecule has 0 amide bonds. The number of nitrogen functional groups attached to an aromatic ring is 1. The van der Waals surface area contributed by atoms with Gasteiger partial charge in [-0.1, -0.05) is 0 Å². The van der Waals surface area contributed by atoms with Gasteiger partial charge in [0.1, 0.15) is 6.10 Å². The molecule has 2 rings (SSSR count). The third kappa shape index (κ3) is 2.28. The molecule has 1 aliphatic rings. The molecule has 3 nitrogen and oxygen atoms in total. The van der Waals surface area contributed by atoms with Crippen LogP contribution in [0.5, 0.6) is 0 Å². The summed E-state index contributed by atoms with van der Waals surface area (Å²) in [6.45, 7) is 1.99. The van der Waals surface area contributed by atoms with Crippen LogP contribution in [0, 0.1) is 0 Å². The average Bonchev–Trinajstić information content (AvgIpc) is 2.68. The maximum Gasteiger partial charge on any atom is 0.191 e. The van der Waals surface area contributed by atoms with E-state index >= 15 is 0 Å². The lowest BCUT2D eigenvalue weighted by atomic mass is 10.0. The van der Waals surface area contributed by atoms with Crippen molar-refractivity contribution >= 4 is 27.4 Å². The number of benzene rings is 1. The molecule has 1 aromatic carbocycles. The Hall–Kier alpha value is -0.870. The number of ether oxygens (including phenoxy) is 1. The van der Waals surface area contributed by atoms with Crippen LogP contribution >= 0.6 is 15.9 Å². The van der Waals surface area contributed by atoms with Crippen LogP contribution in [0.1, 0.15) is 30.1 Å². The van der Waals surface area contributed by atoms with Crippen LogP contribution in [0.25, 0.3) is 0 Å². The molecule has 2 N–H and O–H groups in total. The fourth-order valence-electron chi connectivity index (χ4n) is 1.86. The SMILES string of the molecule is CC1CCC(C(=O)c2ccc(N)c(Br)c2)O1. The quantitative estimate of drug-likeness (QED) is 0.671. The van der Waals surface area contributed by atoms with E-state index in [2.05, 4.69) is 15.9 Å². The number of halogens is 1. The first kappa shape index (κ1) is 11.6. The van der Waals surface area contributed by atoms with Crippen LogP contribution in [0.2, 0.25) is 0 Å². The third-order valence-corrected chi connectivity index (χ3v) is 3.50. The van der Waals surface area contributed by atoms with E-state index in [0.717, 1.165) is 17.3 Å². The molecular weight excluding hydrogens is 270 g/mol. The van der Waals surface area contributed by atoms with Gasteiger partial charge in [-0.05, 0) is 53.9 Å². The predicted molar refractivity (Wildman–Crippen MR) is 66.5 cm³/mol. The monoisotopic (exact) mass is 283 g/mol. The first-order chi connectivity index (χ1) is 7.58. The van der Waals surface area contributed by atoms with Gasteiger partial charge >= 0.3 is 0 Å². The van der Waals surface area contributed by atoms with Gasteiger partial charge in [-0.2, -0.15) is 0 Å². The summed E-state index contributed by atoms with van der Waals surface area (Å²) in [5.74, 6) is 0.0463. The summed E-state index contributed by atoms with van der Waals surface area (Å²) in [5.41, 5.74) is 6.96. The molecule has 4 heteroatoms. The van der Waals surface area contributed by atoms with Crippen molar-refractivity contribution in [3.8, 4) is 0 Å². The second-order valence-corrected chi connectivity index (χ2v) is 4.97. The van der Waals surface area contributed by atoms with Crippen molar-refractivity contribution in [3.63, 3.8) is 0 Å². The van der Waals surface area contributed by atoms with Crippen LogP contribution in [0.3, 0.4) is 0 Å². The summed E-state index contributed by atoms with van der Waals surface area (Å²) >= 11 is 3.32. The molecule has 0 aromatic heterocycles. The molecule has 0 aliphatic carbocycles. The molecule has 1 aliphatic heterocycles. The van der Waals surface area contributed by atoms with Crippen molar-refractivity contribution in [2.75, 3.05) is 5.73 Å². The molecule has 0 saturated carbocycles. The summed E-state index contributed by atoms with van der Waals surface area (Å²) in [4.78, 5) is 12.1. The Morgan fingerprint density at radius 1 is 1.50 bits per heavy atom. The van der Waals surface area contributed by atoms with Gasteiger partial charge in [0.25, 0.3) is 0 Å². The van der Waals surface area contributed by atoms with E-state index in [1.165, 1.54) is 0 Å². The Labute approximate surface area is 103 Å². The van der Waals surface area contributed by atoms with Gasteiger partial charge < -0.3 is 10.5 Å². The molecule has 0 spiro atoms. The molecular formula is C12H14BrNO2. The lowest BCUT2D eigenvalue weighted by Crippen LogP contribution is -2.20. The van der Waals surface area contributed by atoms with Gasteiger partial charge in [-0.3, -0.25) is 4.79 Å². The average molecular weight is 284 g/mol. The van der Waals surface area contributed by atoms with Crippen molar-refractivity contribution < 1.29 is 9.53 Å². The van der Waals surface area contributed by atoms with E-state index in [1.807, 2.05) is 6.92 Å². The summed E-state index contributed by atoms with van der Waals surface area (Å²) in [7, 11) is 0. The Morgan fingerprint density at radius 3 is 2.81 bits per heavy atom. The predicted octanol–water partition coefficient (Wildman–Crippen LogP) is 2.78.